The number of hydrogen-bond acceptors (Lipinski definition) is 2. The van der Waals surface area contributed by atoms with E-state index in [1.165, 1.54) is 0 Å². The minimum Gasteiger partial charge on any atom is -0.354 e. The maximum absolute atomic E-state index is 13.2. The van der Waals surface area contributed by atoms with Gasteiger partial charge in [-0.25, -0.2) is 8.78 Å². The third-order valence-electron chi connectivity index (χ3n) is 2.85. The van der Waals surface area contributed by atoms with Gasteiger partial charge in [-0.3, -0.25) is 0 Å². The Balaban J connectivity index is 3.31. The number of rotatable bonds is 0. The number of alkyl halides is 7. The van der Waals surface area contributed by atoms with E-state index in [1.807, 2.05) is 0 Å². The number of ether oxygens (including phenoxy) is 1. The normalized spacial score (nSPS) is 41.3. The van der Waals surface area contributed by atoms with Gasteiger partial charge >= 0.3 is 17.9 Å². The first kappa shape index (κ1) is 14.5. The molecule has 0 spiro atoms. The van der Waals surface area contributed by atoms with E-state index in [0.717, 1.165) is 0 Å². The summed E-state index contributed by atoms with van der Waals surface area (Å²) in [5.74, 6) is -17.2. The van der Waals surface area contributed by atoms with E-state index in [-0.39, 0.29) is 6.92 Å². The Kier molecular flexibility index (Phi) is 2.96. The lowest BCUT2D eigenvalue weighted by atomic mass is 9.84. The van der Waals surface area contributed by atoms with Gasteiger partial charge in [0.15, 0.2) is 0 Å². The summed E-state index contributed by atoms with van der Waals surface area (Å²) in [5, 5.41) is 8.88. The Morgan fingerprint density at radius 3 is 1.82 bits per heavy atom. The fourth-order valence-electron chi connectivity index (χ4n) is 1.56. The van der Waals surface area contributed by atoms with Crippen molar-refractivity contribution in [2.45, 2.75) is 43.8 Å². The van der Waals surface area contributed by atoms with Gasteiger partial charge < -0.3 is 9.84 Å². The quantitative estimate of drug-likeness (QED) is 0.685. The van der Waals surface area contributed by atoms with Crippen LogP contribution in [0.3, 0.4) is 0 Å². The van der Waals surface area contributed by atoms with Crippen LogP contribution in [0, 0.1) is 5.92 Å². The van der Waals surface area contributed by atoms with Crippen molar-refractivity contribution in [1.82, 2.24) is 0 Å². The van der Waals surface area contributed by atoms with Crippen molar-refractivity contribution >= 4 is 0 Å². The summed E-state index contributed by atoms with van der Waals surface area (Å²) in [5.41, 5.74) is 0. The second kappa shape index (κ2) is 3.47. The number of aliphatic hydroxyl groups is 1. The molecule has 0 amide bonds. The highest BCUT2D eigenvalue weighted by Gasteiger charge is 2.80. The molecule has 2 unspecified atom stereocenters. The summed E-state index contributed by atoms with van der Waals surface area (Å²) in [6.07, 6.45) is -8.36. The highest BCUT2D eigenvalue weighted by atomic mass is 19.4. The van der Waals surface area contributed by atoms with E-state index in [0.29, 0.717) is 6.92 Å². The van der Waals surface area contributed by atoms with Crippen molar-refractivity contribution < 1.29 is 40.6 Å². The summed E-state index contributed by atoms with van der Waals surface area (Å²) in [4.78, 5) is 0. The number of hydrogen-bond donors (Lipinski definition) is 1. The van der Waals surface area contributed by atoms with Crippen LogP contribution in [0.25, 0.3) is 0 Å². The van der Waals surface area contributed by atoms with E-state index >= 15 is 0 Å². The lowest BCUT2D eigenvalue weighted by molar-refractivity contribution is -0.488. The van der Waals surface area contributed by atoms with Crippen molar-refractivity contribution in [2.75, 3.05) is 0 Å². The van der Waals surface area contributed by atoms with E-state index in [9.17, 15) is 30.7 Å². The van der Waals surface area contributed by atoms with Crippen molar-refractivity contribution in [1.29, 1.82) is 0 Å². The Bertz CT molecular complexity index is 313. The summed E-state index contributed by atoms with van der Waals surface area (Å²) in [6, 6.07) is 0. The maximum atomic E-state index is 13.2. The van der Waals surface area contributed by atoms with E-state index in [4.69, 9.17) is 5.11 Å². The summed E-state index contributed by atoms with van der Waals surface area (Å²) < 4.78 is 93.2. The summed E-state index contributed by atoms with van der Waals surface area (Å²) in [6.45, 7) is 0.720. The molecule has 1 heterocycles. The zero-order valence-corrected chi connectivity index (χ0v) is 8.66. The molecule has 2 nitrogen and oxygen atoms in total. The molecule has 102 valence electrons. The first-order valence-electron chi connectivity index (χ1n) is 4.51. The fourth-order valence-corrected chi connectivity index (χ4v) is 1.56. The highest BCUT2D eigenvalue weighted by Crippen LogP contribution is 2.56. The predicted octanol–water partition coefficient (Wildman–Crippen LogP) is 2.56. The van der Waals surface area contributed by atoms with Crippen molar-refractivity contribution in [3.63, 3.8) is 0 Å². The van der Waals surface area contributed by atoms with Crippen LogP contribution in [-0.2, 0) is 4.74 Å². The zero-order chi connectivity index (χ0) is 13.9. The molecule has 1 aliphatic heterocycles. The molecule has 1 aliphatic rings. The van der Waals surface area contributed by atoms with Crippen molar-refractivity contribution in [3.05, 3.63) is 0 Å². The van der Waals surface area contributed by atoms with Gasteiger partial charge in [-0.15, -0.1) is 0 Å². The van der Waals surface area contributed by atoms with Gasteiger partial charge in [0.1, 0.15) is 6.10 Å². The third kappa shape index (κ3) is 1.70. The van der Waals surface area contributed by atoms with Gasteiger partial charge in [0.25, 0.3) is 5.92 Å². The monoisotopic (exact) mass is 270 g/mol. The molecule has 0 aromatic rings. The van der Waals surface area contributed by atoms with Crippen LogP contribution in [0.15, 0.2) is 0 Å². The van der Waals surface area contributed by atoms with Gasteiger partial charge in [-0.05, 0) is 6.92 Å². The number of halogens is 7. The standard InChI is InChI=1S/C8H9F7O2/c1-3-5(9,10)4(2)17-7(16,6(3,11)12)8(13,14)15/h3-4,16H,1-2H3/t3-,4?,7?/m0/s1. The highest BCUT2D eigenvalue weighted by molar-refractivity contribution is 5.05. The summed E-state index contributed by atoms with van der Waals surface area (Å²) in [7, 11) is 0. The average Bonchev–Trinajstić information content (AvgIpc) is 2.12. The second-order valence-corrected chi connectivity index (χ2v) is 3.92. The van der Waals surface area contributed by atoms with E-state index in [2.05, 4.69) is 4.74 Å². The lowest BCUT2D eigenvalue weighted by Gasteiger charge is -2.49. The van der Waals surface area contributed by atoms with Crippen LogP contribution in [0.1, 0.15) is 13.8 Å². The SMILES string of the molecule is CC1OC(O)(C(F)(F)F)C(F)(F)[C@@H](C)C1(F)F. The molecule has 3 atom stereocenters. The fraction of sp³-hybridized carbons (Fsp3) is 1.00. The zero-order valence-electron chi connectivity index (χ0n) is 8.66. The minimum atomic E-state index is -5.88. The minimum absolute atomic E-state index is 0.232. The molecule has 1 rings (SSSR count). The largest absolute Gasteiger partial charge is 0.449 e. The molecular weight excluding hydrogens is 261 g/mol. The van der Waals surface area contributed by atoms with Crippen LogP contribution < -0.4 is 0 Å². The first-order valence-corrected chi connectivity index (χ1v) is 4.51. The molecule has 1 saturated heterocycles. The van der Waals surface area contributed by atoms with Crippen LogP contribution in [0.4, 0.5) is 30.7 Å². The topological polar surface area (TPSA) is 29.5 Å². The van der Waals surface area contributed by atoms with Crippen LogP contribution in [-0.4, -0.2) is 35.0 Å². The predicted molar refractivity (Wildman–Crippen MR) is 40.6 cm³/mol. The van der Waals surface area contributed by atoms with Crippen molar-refractivity contribution in [3.8, 4) is 0 Å². The van der Waals surface area contributed by atoms with Crippen LogP contribution in [0.5, 0.6) is 0 Å². The van der Waals surface area contributed by atoms with Gasteiger partial charge in [0.2, 0.25) is 0 Å². The van der Waals surface area contributed by atoms with Crippen molar-refractivity contribution in [2.24, 2.45) is 5.92 Å². The van der Waals surface area contributed by atoms with Gasteiger partial charge in [-0.2, -0.15) is 22.0 Å². The Hall–Kier alpha value is -0.570. The first-order chi connectivity index (χ1) is 7.28. The Morgan fingerprint density at radius 1 is 1.06 bits per heavy atom. The Morgan fingerprint density at radius 2 is 1.47 bits per heavy atom. The smallest absolute Gasteiger partial charge is 0.354 e. The molecule has 17 heavy (non-hydrogen) atoms. The molecule has 0 aromatic heterocycles. The Labute approximate surface area is 91.4 Å². The molecule has 0 saturated carbocycles. The molecule has 0 radical (unpaired) electrons. The molecule has 9 heteroatoms. The molecule has 0 bridgehead atoms. The summed E-state index contributed by atoms with van der Waals surface area (Å²) >= 11 is 0. The van der Waals surface area contributed by atoms with Crippen LogP contribution in [0.2, 0.25) is 0 Å². The van der Waals surface area contributed by atoms with E-state index in [1.54, 1.807) is 0 Å². The molecular formula is C8H9F7O2. The molecule has 1 N–H and O–H groups in total. The van der Waals surface area contributed by atoms with Crippen LogP contribution >= 0.6 is 0 Å². The average molecular weight is 270 g/mol. The molecule has 0 aliphatic carbocycles. The lowest BCUT2D eigenvalue weighted by Crippen LogP contribution is -2.72. The van der Waals surface area contributed by atoms with Gasteiger partial charge in [0, 0.05) is 0 Å². The third-order valence-corrected chi connectivity index (χ3v) is 2.85. The second-order valence-electron chi connectivity index (χ2n) is 3.92. The van der Waals surface area contributed by atoms with Gasteiger partial charge in [0.05, 0.1) is 5.92 Å². The molecule has 1 fully saturated rings. The van der Waals surface area contributed by atoms with Gasteiger partial charge in [-0.1, -0.05) is 6.92 Å². The maximum Gasteiger partial charge on any atom is 0.449 e. The molecule has 0 aromatic carbocycles. The van der Waals surface area contributed by atoms with E-state index < -0.39 is 35.8 Å².